The fraction of sp³-hybridized carbons (Fsp3) is 0.158. The quantitative estimate of drug-likeness (QED) is 0.467. The minimum Gasteiger partial charge on any atom is -0.496 e. The molecule has 28 heavy (non-hydrogen) atoms. The highest BCUT2D eigenvalue weighted by molar-refractivity contribution is 7.99. The Morgan fingerprint density at radius 3 is 2.71 bits per heavy atom. The first-order chi connectivity index (χ1) is 13.6. The third-order valence-corrected chi connectivity index (χ3v) is 4.81. The number of nitrogen functional groups attached to an aromatic ring is 1. The number of carbonyl (C=O) groups excluding carboxylic acids is 1. The van der Waals surface area contributed by atoms with Crippen molar-refractivity contribution in [3.05, 3.63) is 54.1 Å². The van der Waals surface area contributed by atoms with Gasteiger partial charge in [-0.1, -0.05) is 36.0 Å². The van der Waals surface area contributed by atoms with Crippen molar-refractivity contribution in [1.82, 2.24) is 14.9 Å². The zero-order valence-corrected chi connectivity index (χ0v) is 15.9. The summed E-state index contributed by atoms with van der Waals surface area (Å²) < 4.78 is 6.67. The topological polar surface area (TPSA) is 119 Å². The van der Waals surface area contributed by atoms with Gasteiger partial charge in [0, 0.05) is 5.69 Å². The number of ether oxygens (including phenoxy) is 1. The van der Waals surface area contributed by atoms with Gasteiger partial charge in [-0.3, -0.25) is 4.79 Å². The monoisotopic (exact) mass is 394 g/mol. The molecule has 3 aromatic rings. The summed E-state index contributed by atoms with van der Waals surface area (Å²) in [5.74, 6) is 7.12. The summed E-state index contributed by atoms with van der Waals surface area (Å²) in [6.07, 6.45) is 0.338. The fourth-order valence-corrected chi connectivity index (χ4v) is 3.17. The van der Waals surface area contributed by atoms with Crippen LogP contribution >= 0.6 is 11.8 Å². The lowest BCUT2D eigenvalue weighted by Gasteiger charge is -2.08. The van der Waals surface area contributed by atoms with Crippen molar-refractivity contribution < 1.29 is 9.53 Å². The molecule has 0 aliphatic heterocycles. The normalized spacial score (nSPS) is 10.3. The number of amides is 1. The van der Waals surface area contributed by atoms with Gasteiger partial charge in [-0.05, 0) is 29.8 Å². The van der Waals surface area contributed by atoms with Crippen LogP contribution in [0.5, 0.6) is 5.75 Å². The SMILES string of the molecule is COc1ccccc1-c1nnc(SCC(=O)Nc2ccc(CC#N)cc2)n1N. The fourth-order valence-electron chi connectivity index (χ4n) is 2.51. The number of aromatic nitrogens is 3. The molecule has 0 unspecified atom stereocenters. The predicted octanol–water partition coefficient (Wildman–Crippen LogP) is 2.46. The highest BCUT2D eigenvalue weighted by Gasteiger charge is 2.16. The Labute approximate surface area is 166 Å². The number of hydrogen-bond acceptors (Lipinski definition) is 7. The summed E-state index contributed by atoms with van der Waals surface area (Å²) in [7, 11) is 1.57. The van der Waals surface area contributed by atoms with E-state index in [-0.39, 0.29) is 11.7 Å². The molecule has 1 amide bonds. The summed E-state index contributed by atoms with van der Waals surface area (Å²) in [6, 6.07) is 16.6. The van der Waals surface area contributed by atoms with Crippen LogP contribution in [0.3, 0.4) is 0 Å². The molecule has 0 saturated heterocycles. The minimum absolute atomic E-state index is 0.126. The summed E-state index contributed by atoms with van der Waals surface area (Å²) in [5, 5.41) is 20.1. The number of methoxy groups -OCH3 is 1. The number of nitrogens with one attached hydrogen (secondary N) is 1. The van der Waals surface area contributed by atoms with E-state index in [0.29, 0.717) is 34.4 Å². The maximum atomic E-state index is 12.2. The molecule has 0 atom stereocenters. The molecular weight excluding hydrogens is 376 g/mol. The lowest BCUT2D eigenvalue weighted by molar-refractivity contribution is -0.113. The Kier molecular flexibility index (Phi) is 6.14. The van der Waals surface area contributed by atoms with Crippen molar-refractivity contribution >= 4 is 23.4 Å². The van der Waals surface area contributed by atoms with Gasteiger partial charge in [0.25, 0.3) is 0 Å². The number of nitrogens with two attached hydrogens (primary N) is 1. The van der Waals surface area contributed by atoms with E-state index in [2.05, 4.69) is 21.6 Å². The lowest BCUT2D eigenvalue weighted by Crippen LogP contribution is -2.16. The van der Waals surface area contributed by atoms with Gasteiger partial charge in [-0.2, -0.15) is 5.26 Å². The van der Waals surface area contributed by atoms with Crippen LogP contribution in [-0.2, 0) is 11.2 Å². The third kappa shape index (κ3) is 4.42. The van der Waals surface area contributed by atoms with Gasteiger partial charge in [0.05, 0.1) is 30.9 Å². The Bertz CT molecular complexity index is 1010. The van der Waals surface area contributed by atoms with Crippen molar-refractivity contribution in [2.45, 2.75) is 11.6 Å². The van der Waals surface area contributed by atoms with Crippen LogP contribution < -0.4 is 15.9 Å². The number of nitrogens with zero attached hydrogens (tertiary/aromatic N) is 4. The second-order valence-electron chi connectivity index (χ2n) is 5.75. The van der Waals surface area contributed by atoms with Crippen LogP contribution in [0.1, 0.15) is 5.56 Å². The average Bonchev–Trinajstić information content (AvgIpc) is 3.08. The van der Waals surface area contributed by atoms with Gasteiger partial charge in [0.15, 0.2) is 5.82 Å². The maximum absolute atomic E-state index is 12.2. The molecule has 8 nitrogen and oxygen atoms in total. The second kappa shape index (κ2) is 8.92. The van der Waals surface area contributed by atoms with E-state index in [4.69, 9.17) is 15.8 Å². The number of benzene rings is 2. The number of rotatable bonds is 7. The standard InChI is InChI=1S/C19H18N6O2S/c1-27-16-5-3-2-4-15(16)18-23-24-19(25(18)21)28-12-17(26)22-14-8-6-13(7-9-14)10-11-20/h2-9H,10,12,21H2,1H3,(H,22,26). The number of thioether (sulfide) groups is 1. The van der Waals surface area contributed by atoms with Crippen LogP contribution in [0.2, 0.25) is 0 Å². The lowest BCUT2D eigenvalue weighted by atomic mass is 10.1. The molecule has 0 spiro atoms. The van der Waals surface area contributed by atoms with Gasteiger partial charge in [-0.25, -0.2) is 4.68 Å². The number of anilines is 1. The molecule has 1 heterocycles. The molecule has 0 aliphatic rings. The zero-order valence-electron chi connectivity index (χ0n) is 15.1. The molecule has 142 valence electrons. The number of nitriles is 1. The van der Waals surface area contributed by atoms with Crippen molar-refractivity contribution in [3.8, 4) is 23.2 Å². The van der Waals surface area contributed by atoms with Gasteiger partial charge >= 0.3 is 0 Å². The molecule has 0 saturated carbocycles. The van der Waals surface area contributed by atoms with Crippen molar-refractivity contribution in [1.29, 1.82) is 5.26 Å². The van der Waals surface area contributed by atoms with Crippen LogP contribution in [-0.4, -0.2) is 33.6 Å². The van der Waals surface area contributed by atoms with Crippen molar-refractivity contribution in [3.63, 3.8) is 0 Å². The molecule has 0 bridgehead atoms. The van der Waals surface area contributed by atoms with Gasteiger partial charge < -0.3 is 15.9 Å². The molecule has 0 fully saturated rings. The summed E-state index contributed by atoms with van der Waals surface area (Å²) in [6.45, 7) is 0. The predicted molar refractivity (Wildman–Crippen MR) is 107 cm³/mol. The Morgan fingerprint density at radius 2 is 2.00 bits per heavy atom. The van der Waals surface area contributed by atoms with Gasteiger partial charge in [0.2, 0.25) is 11.1 Å². The molecule has 0 radical (unpaired) electrons. The summed E-state index contributed by atoms with van der Waals surface area (Å²) >= 11 is 1.18. The zero-order chi connectivity index (χ0) is 19.9. The molecule has 1 aromatic heterocycles. The van der Waals surface area contributed by atoms with E-state index in [0.717, 1.165) is 5.56 Å². The first kappa shape index (κ1) is 19.3. The highest BCUT2D eigenvalue weighted by Crippen LogP contribution is 2.29. The highest BCUT2D eigenvalue weighted by atomic mass is 32.2. The molecule has 9 heteroatoms. The Morgan fingerprint density at radius 1 is 1.25 bits per heavy atom. The van der Waals surface area contributed by atoms with Crippen LogP contribution in [0, 0.1) is 11.3 Å². The molecular formula is C19H18N6O2S. The van der Waals surface area contributed by atoms with E-state index in [1.807, 2.05) is 36.4 Å². The smallest absolute Gasteiger partial charge is 0.234 e. The number of para-hydroxylation sites is 1. The van der Waals surface area contributed by atoms with Crippen LogP contribution in [0.25, 0.3) is 11.4 Å². The largest absolute Gasteiger partial charge is 0.496 e. The van der Waals surface area contributed by atoms with Gasteiger partial charge in [0.1, 0.15) is 5.75 Å². The third-order valence-electron chi connectivity index (χ3n) is 3.87. The van der Waals surface area contributed by atoms with Gasteiger partial charge in [-0.15, -0.1) is 10.2 Å². The molecule has 0 aliphatic carbocycles. The van der Waals surface area contributed by atoms with Crippen LogP contribution in [0.15, 0.2) is 53.7 Å². The Balaban J connectivity index is 1.63. The van der Waals surface area contributed by atoms with E-state index in [1.54, 1.807) is 19.2 Å². The first-order valence-electron chi connectivity index (χ1n) is 8.34. The average molecular weight is 394 g/mol. The minimum atomic E-state index is -0.195. The number of hydrogen-bond donors (Lipinski definition) is 2. The van der Waals surface area contributed by atoms with Crippen molar-refractivity contribution in [2.75, 3.05) is 24.0 Å². The maximum Gasteiger partial charge on any atom is 0.234 e. The molecule has 3 N–H and O–H groups in total. The van der Waals surface area contributed by atoms with Crippen LogP contribution in [0.4, 0.5) is 5.69 Å². The van der Waals surface area contributed by atoms with E-state index in [1.165, 1.54) is 16.4 Å². The van der Waals surface area contributed by atoms with Crippen molar-refractivity contribution in [2.24, 2.45) is 0 Å². The Hall–Kier alpha value is -3.51. The molecule has 3 rings (SSSR count). The summed E-state index contributed by atoms with van der Waals surface area (Å²) in [5.41, 5.74) is 2.28. The van der Waals surface area contributed by atoms with E-state index in [9.17, 15) is 4.79 Å². The second-order valence-corrected chi connectivity index (χ2v) is 6.69. The summed E-state index contributed by atoms with van der Waals surface area (Å²) in [4.78, 5) is 12.2. The molecule has 2 aromatic carbocycles. The first-order valence-corrected chi connectivity index (χ1v) is 9.33. The van der Waals surface area contributed by atoms with E-state index >= 15 is 0 Å². The number of carbonyl (C=O) groups is 1. The van der Waals surface area contributed by atoms with E-state index < -0.39 is 0 Å².